The van der Waals surface area contributed by atoms with E-state index in [4.69, 9.17) is 23.2 Å². The molecule has 0 saturated heterocycles. The largest absolute Gasteiger partial charge is 0.450 e. The molecule has 0 aromatic heterocycles. The molecule has 0 aromatic carbocycles. The first-order valence-electron chi connectivity index (χ1n) is 3.75. The molecule has 7 heteroatoms. The number of hydrogen-bond donors (Lipinski definition) is 1. The van der Waals surface area contributed by atoms with Gasteiger partial charge in [-0.3, -0.25) is 5.32 Å². The molecule has 0 radical (unpaired) electrons. The van der Waals surface area contributed by atoms with Gasteiger partial charge in [0.15, 0.2) is 0 Å². The molecule has 1 unspecified atom stereocenters. The third-order valence-corrected chi connectivity index (χ3v) is 2.21. The zero-order chi connectivity index (χ0) is 10.7. The number of nitrogens with one attached hydrogen (secondary N) is 1. The van der Waals surface area contributed by atoms with Crippen LogP contribution >= 0.6 is 23.2 Å². The molecule has 1 atom stereocenters. The summed E-state index contributed by atoms with van der Waals surface area (Å²) in [7, 11) is 0. The number of cyclic esters (lactones) is 1. The van der Waals surface area contributed by atoms with E-state index in [1.165, 1.54) is 0 Å². The molecule has 1 amide bonds. The van der Waals surface area contributed by atoms with Crippen LogP contribution in [0.25, 0.3) is 0 Å². The first-order chi connectivity index (χ1) is 6.56. The molecule has 0 aliphatic carbocycles. The van der Waals surface area contributed by atoms with E-state index in [0.29, 0.717) is 0 Å². The van der Waals surface area contributed by atoms with Gasteiger partial charge in [-0.05, 0) is 6.92 Å². The van der Waals surface area contributed by atoms with E-state index < -0.39 is 18.3 Å². The maximum atomic E-state index is 10.9. The predicted octanol–water partition coefficient (Wildman–Crippen LogP) is 1.30. The molecular weight excluding hydrogens is 233 g/mol. The number of amides is 1. The minimum atomic E-state index is -1.05. The number of rotatable bonds is 2. The van der Waals surface area contributed by atoms with Crippen LogP contribution in [0.5, 0.6) is 0 Å². The second kappa shape index (κ2) is 4.52. The minimum Gasteiger partial charge on any atom is -0.450 e. The molecule has 0 spiro atoms. The van der Waals surface area contributed by atoms with Crippen LogP contribution in [-0.4, -0.2) is 24.9 Å². The third-order valence-electron chi connectivity index (χ3n) is 1.37. The molecule has 5 nitrogen and oxygen atoms in total. The summed E-state index contributed by atoms with van der Waals surface area (Å²) in [5, 5.41) is 1.93. The zero-order valence-electron chi connectivity index (χ0n) is 7.17. The van der Waals surface area contributed by atoms with E-state index >= 15 is 0 Å². The lowest BCUT2D eigenvalue weighted by Gasteiger charge is -2.11. The molecule has 1 aliphatic rings. The molecule has 14 heavy (non-hydrogen) atoms. The Balaban J connectivity index is 2.57. The van der Waals surface area contributed by atoms with Crippen molar-refractivity contribution in [2.24, 2.45) is 0 Å². The van der Waals surface area contributed by atoms with Crippen molar-refractivity contribution >= 4 is 35.3 Å². The maximum Gasteiger partial charge on any atom is 0.410 e. The fourth-order valence-corrected chi connectivity index (χ4v) is 1.12. The van der Waals surface area contributed by atoms with Gasteiger partial charge in [0, 0.05) is 0 Å². The van der Waals surface area contributed by atoms with E-state index in [2.05, 4.69) is 14.8 Å². The fourth-order valence-electron chi connectivity index (χ4n) is 0.796. The van der Waals surface area contributed by atoms with Crippen LogP contribution < -0.4 is 5.32 Å². The highest BCUT2D eigenvalue weighted by molar-refractivity contribution is 6.48. The Morgan fingerprint density at radius 3 is 2.71 bits per heavy atom. The van der Waals surface area contributed by atoms with E-state index in [1.807, 2.05) is 0 Å². The van der Waals surface area contributed by atoms with Gasteiger partial charge in [0.2, 0.25) is 6.23 Å². The number of esters is 1. The highest BCUT2D eigenvalue weighted by atomic mass is 35.5. The molecule has 1 rings (SSSR count). The van der Waals surface area contributed by atoms with Gasteiger partial charge in [0.05, 0.1) is 6.61 Å². The number of alkyl carbamates (subject to hydrolysis) is 1. The van der Waals surface area contributed by atoms with Crippen LogP contribution in [0, 0.1) is 0 Å². The molecule has 1 heterocycles. The summed E-state index contributed by atoms with van der Waals surface area (Å²) in [4.78, 5) is 21.8. The molecule has 0 fully saturated rings. The smallest absolute Gasteiger partial charge is 0.410 e. The van der Waals surface area contributed by atoms with Gasteiger partial charge in [-0.1, -0.05) is 23.2 Å². The average Bonchev–Trinajstić information content (AvgIpc) is 2.34. The Bertz CT molecular complexity index is 302. The van der Waals surface area contributed by atoms with Gasteiger partial charge in [-0.25, -0.2) is 9.59 Å². The van der Waals surface area contributed by atoms with Crippen LogP contribution in [0.3, 0.4) is 0 Å². The number of hydrogen-bond acceptors (Lipinski definition) is 4. The lowest BCUT2D eigenvalue weighted by Crippen LogP contribution is -2.36. The SMILES string of the molecule is CCOC(=O)NC1OC(=O)C(Cl)=C1Cl. The fraction of sp³-hybridized carbons (Fsp3) is 0.429. The van der Waals surface area contributed by atoms with E-state index in [0.717, 1.165) is 0 Å². The topological polar surface area (TPSA) is 64.6 Å². The molecule has 1 N–H and O–H groups in total. The Kier molecular flexibility index (Phi) is 3.60. The van der Waals surface area contributed by atoms with Gasteiger partial charge >= 0.3 is 12.1 Å². The van der Waals surface area contributed by atoms with Crippen molar-refractivity contribution in [1.29, 1.82) is 0 Å². The molecule has 0 saturated carbocycles. The number of halogens is 2. The number of ether oxygens (including phenoxy) is 2. The predicted molar refractivity (Wildman–Crippen MR) is 48.8 cm³/mol. The molecule has 1 aliphatic heterocycles. The summed E-state index contributed by atoms with van der Waals surface area (Å²) in [6.07, 6.45) is -1.77. The van der Waals surface area contributed by atoms with E-state index in [-0.39, 0.29) is 16.7 Å². The summed E-state index contributed by atoms with van der Waals surface area (Å²) in [6.45, 7) is 1.85. The highest BCUT2D eigenvalue weighted by Crippen LogP contribution is 2.26. The number of carbonyl (C=O) groups excluding carboxylic acids is 2. The van der Waals surface area contributed by atoms with Crippen molar-refractivity contribution in [2.45, 2.75) is 13.2 Å². The lowest BCUT2D eigenvalue weighted by atomic mass is 10.5. The highest BCUT2D eigenvalue weighted by Gasteiger charge is 2.33. The zero-order valence-corrected chi connectivity index (χ0v) is 8.69. The van der Waals surface area contributed by atoms with E-state index in [9.17, 15) is 9.59 Å². The van der Waals surface area contributed by atoms with Gasteiger partial charge < -0.3 is 9.47 Å². The molecule has 0 bridgehead atoms. The summed E-state index contributed by atoms with van der Waals surface area (Å²) >= 11 is 11.0. The monoisotopic (exact) mass is 239 g/mol. The van der Waals surface area contributed by atoms with E-state index in [1.54, 1.807) is 6.92 Å². The third kappa shape index (κ3) is 2.30. The second-order valence-electron chi connectivity index (χ2n) is 2.31. The van der Waals surface area contributed by atoms with Crippen molar-refractivity contribution in [3.05, 3.63) is 10.1 Å². The number of carbonyl (C=O) groups is 2. The molecule has 0 aromatic rings. The van der Waals surface area contributed by atoms with Gasteiger partial charge in [0.1, 0.15) is 10.1 Å². The lowest BCUT2D eigenvalue weighted by molar-refractivity contribution is -0.139. The quantitative estimate of drug-likeness (QED) is 0.739. The average molecular weight is 240 g/mol. The standard InChI is InChI=1S/C7H7Cl2NO4/c1-2-13-7(12)10-5-3(8)4(9)6(11)14-5/h5H,2H2,1H3,(H,10,12). The van der Waals surface area contributed by atoms with Crippen LogP contribution in [0.15, 0.2) is 10.1 Å². The maximum absolute atomic E-state index is 10.9. The van der Waals surface area contributed by atoms with Gasteiger partial charge in [0.25, 0.3) is 0 Å². The summed E-state index contributed by atoms with van der Waals surface area (Å²) in [5.41, 5.74) is 0. The Morgan fingerprint density at radius 2 is 2.29 bits per heavy atom. The summed E-state index contributed by atoms with van der Waals surface area (Å²) in [6, 6.07) is 0. The second-order valence-corrected chi connectivity index (χ2v) is 3.10. The first kappa shape index (κ1) is 11.1. The normalized spacial score (nSPS) is 20.8. The van der Waals surface area contributed by atoms with Crippen molar-refractivity contribution < 1.29 is 19.1 Å². The summed E-state index contributed by atoms with van der Waals surface area (Å²) < 4.78 is 9.17. The van der Waals surface area contributed by atoms with Crippen molar-refractivity contribution in [3.8, 4) is 0 Å². The van der Waals surface area contributed by atoms with Gasteiger partial charge in [-0.15, -0.1) is 0 Å². The van der Waals surface area contributed by atoms with Crippen molar-refractivity contribution in [1.82, 2.24) is 5.32 Å². The van der Waals surface area contributed by atoms with Crippen LogP contribution in [0.4, 0.5) is 4.79 Å². The first-order valence-corrected chi connectivity index (χ1v) is 4.51. The molecular formula is C7H7Cl2NO4. The van der Waals surface area contributed by atoms with Crippen LogP contribution in [0.1, 0.15) is 6.92 Å². The van der Waals surface area contributed by atoms with Crippen LogP contribution in [-0.2, 0) is 14.3 Å². The van der Waals surface area contributed by atoms with Crippen LogP contribution in [0.2, 0.25) is 0 Å². The Morgan fingerprint density at radius 1 is 1.64 bits per heavy atom. The van der Waals surface area contributed by atoms with Crippen molar-refractivity contribution in [2.75, 3.05) is 6.61 Å². The molecule has 78 valence electrons. The van der Waals surface area contributed by atoms with Crippen molar-refractivity contribution in [3.63, 3.8) is 0 Å². The Hall–Kier alpha value is -0.940. The van der Waals surface area contributed by atoms with Gasteiger partial charge in [-0.2, -0.15) is 0 Å². The Labute approximate surface area is 89.9 Å². The minimum absolute atomic E-state index is 0.0512. The summed E-state index contributed by atoms with van der Waals surface area (Å²) in [5.74, 6) is -0.765.